The minimum Gasteiger partial charge on any atom is -0.462 e. The molecule has 0 aliphatic carbocycles. The van der Waals surface area contributed by atoms with Gasteiger partial charge in [0.15, 0.2) is 0 Å². The van der Waals surface area contributed by atoms with Crippen LogP contribution in [0, 0.1) is 13.8 Å². The zero-order chi connectivity index (χ0) is 20.8. The predicted molar refractivity (Wildman–Crippen MR) is 105 cm³/mol. The Morgan fingerprint density at radius 3 is 2.52 bits per heavy atom. The first kappa shape index (κ1) is 23.8. The Labute approximate surface area is 170 Å². The lowest BCUT2D eigenvalue weighted by atomic mass is 10.0. The van der Waals surface area contributed by atoms with E-state index in [0.29, 0.717) is 11.1 Å². The topological polar surface area (TPSA) is 41.9 Å². The minimum atomic E-state index is -3.86. The maximum atomic E-state index is 13.6. The Morgan fingerprint density at radius 2 is 1.96 bits per heavy atom. The van der Waals surface area contributed by atoms with Crippen LogP contribution in [0.4, 0.5) is 18.9 Å². The van der Waals surface area contributed by atoms with Crippen LogP contribution in [0.1, 0.15) is 41.3 Å². The fourth-order valence-electron chi connectivity index (χ4n) is 2.09. The van der Waals surface area contributed by atoms with Gasteiger partial charge in [0.2, 0.25) is 0 Å². The van der Waals surface area contributed by atoms with Crippen LogP contribution in [0.3, 0.4) is 0 Å². The summed E-state index contributed by atoms with van der Waals surface area (Å²) in [5.74, 6) is -0.610. The van der Waals surface area contributed by atoms with Crippen molar-refractivity contribution in [1.29, 1.82) is 0 Å². The van der Waals surface area contributed by atoms with Gasteiger partial charge in [0, 0.05) is 20.0 Å². The molecule has 1 atom stereocenters. The van der Waals surface area contributed by atoms with Gasteiger partial charge in [0.1, 0.15) is 0 Å². The minimum absolute atomic E-state index is 0.142. The van der Waals surface area contributed by atoms with E-state index in [2.05, 4.69) is 4.99 Å². The molecule has 0 fully saturated rings. The van der Waals surface area contributed by atoms with Crippen molar-refractivity contribution in [3.63, 3.8) is 0 Å². The summed E-state index contributed by atoms with van der Waals surface area (Å²) in [6.07, 6.45) is 0.891. The van der Waals surface area contributed by atoms with E-state index in [9.17, 15) is 18.0 Å². The molecule has 0 spiro atoms. The number of benzene rings is 1. The first-order chi connectivity index (χ1) is 12.4. The number of nitrogens with zero attached hydrogens (tertiary/aromatic N) is 2. The number of rotatable bonds is 9. The quantitative estimate of drug-likeness (QED) is 0.151. The third-order valence-corrected chi connectivity index (χ3v) is 5.44. The molecule has 1 aromatic carbocycles. The summed E-state index contributed by atoms with van der Waals surface area (Å²) in [6, 6.07) is 3.30. The Bertz CT molecular complexity index is 694. The van der Waals surface area contributed by atoms with Crippen LogP contribution in [-0.2, 0) is 4.74 Å². The van der Waals surface area contributed by atoms with Crippen molar-refractivity contribution < 1.29 is 22.7 Å². The predicted octanol–water partition coefficient (Wildman–Crippen LogP) is 5.74. The van der Waals surface area contributed by atoms with Crippen molar-refractivity contribution in [1.82, 2.24) is 4.90 Å². The second-order valence-corrected chi connectivity index (χ2v) is 7.74. The first-order valence-electron chi connectivity index (χ1n) is 8.37. The molecule has 0 amide bonds. The van der Waals surface area contributed by atoms with E-state index in [0.717, 1.165) is 17.8 Å². The van der Waals surface area contributed by atoms with E-state index in [4.69, 9.17) is 16.3 Å². The number of aliphatic imine (C=N–C) groups is 1. The maximum absolute atomic E-state index is 13.6. The van der Waals surface area contributed by atoms with Gasteiger partial charge in [-0.1, -0.05) is 11.6 Å². The molecule has 1 rings (SSSR count). The highest BCUT2D eigenvalue weighted by Gasteiger charge is 2.51. The molecule has 0 saturated heterocycles. The van der Waals surface area contributed by atoms with Crippen molar-refractivity contribution in [2.24, 2.45) is 4.99 Å². The maximum Gasteiger partial charge on any atom is 0.348 e. The normalized spacial score (nSPS) is 14.3. The van der Waals surface area contributed by atoms with Gasteiger partial charge in [-0.2, -0.15) is 8.78 Å². The van der Waals surface area contributed by atoms with Crippen LogP contribution in [0.5, 0.6) is 0 Å². The van der Waals surface area contributed by atoms with Gasteiger partial charge in [0.25, 0.3) is 5.13 Å². The molecule has 0 bridgehead atoms. The zero-order valence-electron chi connectivity index (χ0n) is 15.7. The van der Waals surface area contributed by atoms with Crippen molar-refractivity contribution >= 4 is 45.5 Å². The highest BCUT2D eigenvalue weighted by atomic mass is 79.9. The van der Waals surface area contributed by atoms with Gasteiger partial charge in [0.05, 0.1) is 24.2 Å². The molecule has 1 unspecified atom stereocenters. The van der Waals surface area contributed by atoms with Crippen molar-refractivity contribution in [3.05, 3.63) is 28.8 Å². The van der Waals surface area contributed by atoms with Gasteiger partial charge >= 0.3 is 10.8 Å². The Hall–Kier alpha value is -1.28. The highest BCUT2D eigenvalue weighted by Crippen LogP contribution is 2.44. The monoisotopic (exact) mass is 470 g/mol. The molecular formula is C18H23BrClF3N2O2. The van der Waals surface area contributed by atoms with Gasteiger partial charge in [-0.25, -0.2) is 14.2 Å². The molecule has 0 radical (unpaired) electrons. The summed E-state index contributed by atoms with van der Waals surface area (Å²) >= 11 is 7.06. The lowest BCUT2D eigenvalue weighted by Gasteiger charge is -2.22. The Balaban J connectivity index is 2.71. The third kappa shape index (κ3) is 6.68. The highest BCUT2D eigenvalue weighted by molar-refractivity contribution is 9.10. The van der Waals surface area contributed by atoms with Crippen molar-refractivity contribution in [3.8, 4) is 0 Å². The Kier molecular flexibility index (Phi) is 8.60. The number of carbonyl (C=O) groups excluding carboxylic acids is 1. The van der Waals surface area contributed by atoms with E-state index < -0.39 is 22.3 Å². The number of ether oxygens (including phenoxy) is 1. The average Bonchev–Trinajstić information content (AvgIpc) is 2.58. The number of hydrogen-bond donors (Lipinski definition) is 0. The second-order valence-electron chi connectivity index (χ2n) is 6.14. The van der Waals surface area contributed by atoms with Gasteiger partial charge in [-0.15, -0.1) is 0 Å². The van der Waals surface area contributed by atoms with E-state index in [-0.39, 0.29) is 13.0 Å². The van der Waals surface area contributed by atoms with Gasteiger partial charge in [-0.05, 0) is 66.4 Å². The largest absolute Gasteiger partial charge is 0.462 e. The molecule has 0 aliphatic rings. The van der Waals surface area contributed by atoms with E-state index in [1.54, 1.807) is 25.4 Å². The van der Waals surface area contributed by atoms with Crippen LogP contribution in [0.25, 0.3) is 0 Å². The number of esters is 1. The zero-order valence-corrected chi connectivity index (χ0v) is 18.0. The lowest BCUT2D eigenvalue weighted by Crippen LogP contribution is -2.33. The molecule has 0 aromatic heterocycles. The summed E-state index contributed by atoms with van der Waals surface area (Å²) in [4.78, 5) is 14.6. The van der Waals surface area contributed by atoms with Crippen LogP contribution in [0.15, 0.2) is 17.1 Å². The molecule has 152 valence electrons. The molecule has 0 N–H and O–H groups in total. The fourth-order valence-corrected chi connectivity index (χ4v) is 2.42. The molecule has 4 nitrogen and oxygen atoms in total. The fraction of sp³-hybridized carbons (Fsp3) is 0.556. The summed E-state index contributed by atoms with van der Waals surface area (Å²) < 4.78 is 44.4. The molecule has 0 saturated carbocycles. The summed E-state index contributed by atoms with van der Waals surface area (Å²) in [5, 5.41) is -3.24. The average molecular weight is 472 g/mol. The van der Waals surface area contributed by atoms with E-state index in [1.165, 1.54) is 0 Å². The smallest absolute Gasteiger partial charge is 0.348 e. The van der Waals surface area contributed by atoms with E-state index >= 15 is 0 Å². The number of halogens is 5. The molecular weight excluding hydrogens is 449 g/mol. The number of carbonyl (C=O) groups is 1. The second kappa shape index (κ2) is 9.78. The molecule has 1 aromatic rings. The molecule has 0 aliphatic heterocycles. The van der Waals surface area contributed by atoms with E-state index in [1.807, 2.05) is 41.7 Å². The number of alkyl halides is 5. The van der Waals surface area contributed by atoms with Crippen LogP contribution in [0.2, 0.25) is 0 Å². The molecule has 9 heteroatoms. The van der Waals surface area contributed by atoms with Crippen LogP contribution in [-0.4, -0.2) is 47.4 Å². The van der Waals surface area contributed by atoms with Gasteiger partial charge in [-0.3, -0.25) is 0 Å². The SMILES string of the molecule is CCN(C)/C=N/c1ccc(C(=O)OCCCC(F)(Cl)C(F)(F)Br)c(C)c1C. The van der Waals surface area contributed by atoms with Crippen LogP contribution >= 0.6 is 27.5 Å². The van der Waals surface area contributed by atoms with Crippen molar-refractivity contribution in [2.45, 2.75) is 43.6 Å². The standard InChI is InChI=1S/C18H23BrClF3N2O2/c1-5-25(4)11-24-15-8-7-14(12(2)13(15)3)16(26)27-10-6-9-17(20,21)18(19,22)23/h7-8,11H,5-6,9-10H2,1-4H3/b24-11+. The lowest BCUT2D eigenvalue weighted by molar-refractivity contribution is -0.0135. The Morgan fingerprint density at radius 1 is 1.33 bits per heavy atom. The molecule has 0 heterocycles. The van der Waals surface area contributed by atoms with Gasteiger partial charge < -0.3 is 9.64 Å². The first-order valence-corrected chi connectivity index (χ1v) is 9.54. The summed E-state index contributed by atoms with van der Waals surface area (Å²) in [7, 11) is 1.90. The van der Waals surface area contributed by atoms with Crippen LogP contribution < -0.4 is 0 Å². The summed E-state index contributed by atoms with van der Waals surface area (Å²) in [5.41, 5.74) is 2.61. The molecule has 27 heavy (non-hydrogen) atoms. The third-order valence-electron chi connectivity index (χ3n) is 4.15. The number of hydrogen-bond acceptors (Lipinski definition) is 3. The summed E-state index contributed by atoms with van der Waals surface area (Å²) in [6.45, 7) is 6.20. The van der Waals surface area contributed by atoms with Crippen molar-refractivity contribution in [2.75, 3.05) is 20.2 Å².